The van der Waals surface area contributed by atoms with Crippen LogP contribution in [0.25, 0.3) is 0 Å². The summed E-state index contributed by atoms with van der Waals surface area (Å²) in [5, 5.41) is 10.0. The zero-order chi connectivity index (χ0) is 16.9. The summed E-state index contributed by atoms with van der Waals surface area (Å²) in [4.78, 5) is 39.6. The number of benzene rings is 1. The number of thioether (sulfide) groups is 1. The van der Waals surface area contributed by atoms with Gasteiger partial charge in [0.15, 0.2) is 5.41 Å². The van der Waals surface area contributed by atoms with Gasteiger partial charge in [-0.2, -0.15) is 0 Å². The molecular weight excluding hydrogens is 316 g/mol. The quantitative estimate of drug-likeness (QED) is 0.781. The molecule has 3 rings (SSSR count). The van der Waals surface area contributed by atoms with Crippen molar-refractivity contribution in [1.82, 2.24) is 9.80 Å². The van der Waals surface area contributed by atoms with Crippen LogP contribution in [0.1, 0.15) is 16.4 Å². The molecule has 2 heterocycles. The molecule has 23 heavy (non-hydrogen) atoms. The first-order valence-corrected chi connectivity index (χ1v) is 8.33. The molecule has 2 aliphatic rings. The van der Waals surface area contributed by atoms with Crippen molar-refractivity contribution in [1.29, 1.82) is 0 Å². The third-order valence-electron chi connectivity index (χ3n) is 4.63. The summed E-state index contributed by atoms with van der Waals surface area (Å²) in [6.45, 7) is 1.95. The molecule has 1 aromatic carbocycles. The predicted molar refractivity (Wildman–Crippen MR) is 85.8 cm³/mol. The molecule has 2 fully saturated rings. The van der Waals surface area contributed by atoms with E-state index in [1.165, 1.54) is 25.9 Å². The number of hydrogen-bond acceptors (Lipinski definition) is 5. The monoisotopic (exact) mass is 334 g/mol. The molecule has 0 radical (unpaired) electrons. The van der Waals surface area contributed by atoms with Gasteiger partial charge < -0.3 is 5.11 Å². The number of barbiturate groups is 1. The molecule has 2 aliphatic heterocycles. The van der Waals surface area contributed by atoms with Gasteiger partial charge in [-0.15, -0.1) is 11.8 Å². The number of imide groups is 2. The van der Waals surface area contributed by atoms with Crippen LogP contribution in [0.15, 0.2) is 24.3 Å². The summed E-state index contributed by atoms with van der Waals surface area (Å²) in [5.74, 6) is -0.992. The maximum atomic E-state index is 12.9. The third-order valence-corrected chi connectivity index (χ3v) is 6.12. The normalized spacial score (nSPS) is 27.2. The maximum Gasteiger partial charge on any atom is 0.332 e. The Labute approximate surface area is 138 Å². The van der Waals surface area contributed by atoms with Crippen molar-refractivity contribution >= 4 is 29.6 Å². The fourth-order valence-corrected chi connectivity index (χ4v) is 4.89. The minimum absolute atomic E-state index is 0.270. The first-order valence-electron chi connectivity index (χ1n) is 7.28. The Morgan fingerprint density at radius 2 is 1.61 bits per heavy atom. The van der Waals surface area contributed by atoms with Gasteiger partial charge in [0.05, 0.1) is 11.4 Å². The number of urea groups is 1. The molecule has 6 nitrogen and oxygen atoms in total. The van der Waals surface area contributed by atoms with Crippen molar-refractivity contribution in [3.05, 3.63) is 35.4 Å². The van der Waals surface area contributed by atoms with E-state index in [1.807, 2.05) is 31.2 Å². The molecule has 1 spiro atoms. The van der Waals surface area contributed by atoms with Gasteiger partial charge in [-0.1, -0.05) is 29.8 Å². The van der Waals surface area contributed by atoms with E-state index >= 15 is 0 Å². The molecule has 0 aliphatic carbocycles. The van der Waals surface area contributed by atoms with E-state index in [0.29, 0.717) is 0 Å². The molecule has 0 aromatic heterocycles. The molecule has 0 bridgehead atoms. The van der Waals surface area contributed by atoms with Gasteiger partial charge in [0.2, 0.25) is 11.8 Å². The van der Waals surface area contributed by atoms with Crippen LogP contribution in [0.3, 0.4) is 0 Å². The highest BCUT2D eigenvalue weighted by Crippen LogP contribution is 2.56. The van der Waals surface area contributed by atoms with Gasteiger partial charge in [0.1, 0.15) is 0 Å². The summed E-state index contributed by atoms with van der Waals surface area (Å²) in [5.41, 5.74) is 0.226. The van der Waals surface area contributed by atoms with Gasteiger partial charge in [-0.3, -0.25) is 19.4 Å². The standard InChI is InChI=1S/C16H18N2O4S/c1-9-4-6-10(7-5-9)12-16(11(19)8-23-12)13(20)17(2)15(22)18(3)14(16)21/h4-7,11-12,19H,8H2,1-3H3. The molecule has 0 saturated carbocycles. The Morgan fingerprint density at radius 3 is 2.13 bits per heavy atom. The van der Waals surface area contributed by atoms with Crippen molar-refractivity contribution in [2.75, 3.05) is 19.8 Å². The number of hydrogen-bond donors (Lipinski definition) is 1. The van der Waals surface area contributed by atoms with E-state index in [4.69, 9.17) is 0 Å². The minimum atomic E-state index is -1.64. The first-order chi connectivity index (χ1) is 10.8. The molecule has 2 saturated heterocycles. The van der Waals surface area contributed by atoms with Gasteiger partial charge >= 0.3 is 6.03 Å². The lowest BCUT2D eigenvalue weighted by molar-refractivity contribution is -0.163. The Hall–Kier alpha value is -1.86. The lowest BCUT2D eigenvalue weighted by atomic mass is 9.73. The summed E-state index contributed by atoms with van der Waals surface area (Å²) in [6.07, 6.45) is -1.13. The van der Waals surface area contributed by atoms with Crippen molar-refractivity contribution < 1.29 is 19.5 Å². The number of nitrogens with zero attached hydrogens (tertiary/aromatic N) is 2. The summed E-state index contributed by atoms with van der Waals surface area (Å²) in [6, 6.07) is 6.88. The molecule has 122 valence electrons. The summed E-state index contributed by atoms with van der Waals surface area (Å²) in [7, 11) is 2.69. The lowest BCUT2D eigenvalue weighted by Gasteiger charge is -2.43. The van der Waals surface area contributed by atoms with Crippen LogP contribution in [0.2, 0.25) is 0 Å². The van der Waals surface area contributed by atoms with Gasteiger partial charge in [-0.25, -0.2) is 4.79 Å². The van der Waals surface area contributed by atoms with E-state index < -0.39 is 34.6 Å². The van der Waals surface area contributed by atoms with E-state index in [-0.39, 0.29) is 5.75 Å². The Morgan fingerprint density at radius 1 is 1.09 bits per heavy atom. The molecule has 2 atom stereocenters. The van der Waals surface area contributed by atoms with Gasteiger partial charge in [0, 0.05) is 19.8 Å². The smallest absolute Gasteiger partial charge is 0.332 e. The SMILES string of the molecule is Cc1ccc(C2SCC(O)C23C(=O)N(C)C(=O)N(C)C3=O)cc1. The lowest BCUT2D eigenvalue weighted by Crippen LogP contribution is -2.67. The van der Waals surface area contributed by atoms with Crippen molar-refractivity contribution in [2.45, 2.75) is 18.3 Å². The second-order valence-corrected chi connectivity index (χ2v) is 7.16. The van der Waals surface area contributed by atoms with Crippen LogP contribution >= 0.6 is 11.8 Å². The van der Waals surface area contributed by atoms with Crippen LogP contribution in [0.5, 0.6) is 0 Å². The number of aryl methyl sites for hydroxylation is 1. The second kappa shape index (κ2) is 5.35. The third kappa shape index (κ3) is 2.03. The topological polar surface area (TPSA) is 77.9 Å². The molecule has 4 amide bonds. The van der Waals surface area contributed by atoms with Crippen molar-refractivity contribution in [2.24, 2.45) is 5.41 Å². The van der Waals surface area contributed by atoms with Crippen LogP contribution in [0, 0.1) is 12.3 Å². The van der Waals surface area contributed by atoms with E-state index in [0.717, 1.165) is 20.9 Å². The van der Waals surface area contributed by atoms with Crippen molar-refractivity contribution in [3.8, 4) is 0 Å². The summed E-state index contributed by atoms with van der Waals surface area (Å²) < 4.78 is 0. The number of aliphatic hydroxyl groups is 1. The van der Waals surface area contributed by atoms with Crippen LogP contribution in [-0.2, 0) is 9.59 Å². The Kier molecular flexibility index (Phi) is 3.72. The molecule has 7 heteroatoms. The average molecular weight is 334 g/mol. The average Bonchev–Trinajstić information content (AvgIpc) is 2.89. The highest BCUT2D eigenvalue weighted by atomic mass is 32.2. The van der Waals surface area contributed by atoms with Crippen LogP contribution < -0.4 is 0 Å². The predicted octanol–water partition coefficient (Wildman–Crippen LogP) is 1.18. The second-order valence-electron chi connectivity index (χ2n) is 6.02. The zero-order valence-electron chi connectivity index (χ0n) is 13.1. The molecule has 1 N–H and O–H groups in total. The summed E-state index contributed by atoms with van der Waals surface area (Å²) >= 11 is 1.37. The number of carbonyl (C=O) groups is 3. The minimum Gasteiger partial charge on any atom is -0.391 e. The van der Waals surface area contributed by atoms with Crippen LogP contribution in [-0.4, -0.2) is 58.7 Å². The number of aliphatic hydroxyl groups excluding tert-OH is 1. The number of amides is 4. The van der Waals surface area contributed by atoms with Gasteiger partial charge in [0.25, 0.3) is 0 Å². The highest BCUT2D eigenvalue weighted by Gasteiger charge is 2.67. The fourth-order valence-electron chi connectivity index (χ4n) is 3.28. The van der Waals surface area contributed by atoms with E-state index in [2.05, 4.69) is 0 Å². The fraction of sp³-hybridized carbons (Fsp3) is 0.438. The van der Waals surface area contributed by atoms with Crippen LogP contribution in [0.4, 0.5) is 4.79 Å². The highest BCUT2D eigenvalue weighted by molar-refractivity contribution is 8.00. The van der Waals surface area contributed by atoms with Gasteiger partial charge in [-0.05, 0) is 12.5 Å². The number of rotatable bonds is 1. The zero-order valence-corrected chi connectivity index (χ0v) is 14.0. The van der Waals surface area contributed by atoms with Crippen molar-refractivity contribution in [3.63, 3.8) is 0 Å². The molecule has 1 aromatic rings. The van der Waals surface area contributed by atoms with E-state index in [9.17, 15) is 19.5 Å². The molecular formula is C16H18N2O4S. The Bertz CT molecular complexity index is 664. The maximum absolute atomic E-state index is 12.9. The molecule has 2 unspecified atom stereocenters. The number of carbonyl (C=O) groups excluding carboxylic acids is 3. The van der Waals surface area contributed by atoms with E-state index in [1.54, 1.807) is 0 Å². The largest absolute Gasteiger partial charge is 0.391 e. The Balaban J connectivity index is 2.15. The first kappa shape index (κ1) is 16.0.